The maximum Gasteiger partial charge on any atom is 0.168 e. The van der Waals surface area contributed by atoms with Crippen molar-refractivity contribution >= 4 is 11.6 Å². The standard InChI is InChI=1S/C14H16N6O/c15-9-12-13(16)20(11-1-5-17-6-2-11)19-14(12)18-10-3-7-21-8-4-10/h1-2,5-6,10H,3-4,7-8,16H2,(H,18,19). The number of hydrogen-bond acceptors (Lipinski definition) is 6. The van der Waals surface area contributed by atoms with E-state index in [1.54, 1.807) is 29.2 Å². The third-order valence-corrected chi connectivity index (χ3v) is 3.50. The molecule has 0 atom stereocenters. The van der Waals surface area contributed by atoms with Crippen molar-refractivity contribution in [2.45, 2.75) is 18.9 Å². The van der Waals surface area contributed by atoms with Gasteiger partial charge in [-0.25, -0.2) is 4.68 Å². The second kappa shape index (κ2) is 5.81. The van der Waals surface area contributed by atoms with Crippen LogP contribution in [0.2, 0.25) is 0 Å². The highest BCUT2D eigenvalue weighted by Gasteiger charge is 2.20. The number of aromatic nitrogens is 3. The van der Waals surface area contributed by atoms with Gasteiger partial charge in [0, 0.05) is 31.6 Å². The Morgan fingerprint density at radius 3 is 2.71 bits per heavy atom. The maximum absolute atomic E-state index is 9.33. The van der Waals surface area contributed by atoms with Crippen LogP contribution in [0.4, 0.5) is 11.6 Å². The van der Waals surface area contributed by atoms with Crippen LogP contribution in [0.15, 0.2) is 24.5 Å². The quantitative estimate of drug-likeness (QED) is 0.881. The van der Waals surface area contributed by atoms with E-state index in [0.717, 1.165) is 31.7 Å². The topological polar surface area (TPSA) is 102 Å². The number of rotatable bonds is 3. The molecule has 2 aromatic heterocycles. The summed E-state index contributed by atoms with van der Waals surface area (Å²) < 4.78 is 6.89. The van der Waals surface area contributed by atoms with Crippen molar-refractivity contribution < 1.29 is 4.74 Å². The lowest BCUT2D eigenvalue weighted by Crippen LogP contribution is -2.28. The Morgan fingerprint density at radius 1 is 1.33 bits per heavy atom. The fourth-order valence-corrected chi connectivity index (χ4v) is 2.36. The number of nitrogens with zero attached hydrogens (tertiary/aromatic N) is 4. The molecule has 1 aliphatic rings. The minimum atomic E-state index is 0.256. The molecule has 21 heavy (non-hydrogen) atoms. The lowest BCUT2D eigenvalue weighted by atomic mass is 10.1. The number of nitrogens with two attached hydrogens (primary N) is 1. The first-order valence-corrected chi connectivity index (χ1v) is 6.83. The van der Waals surface area contributed by atoms with E-state index in [1.165, 1.54) is 0 Å². The van der Waals surface area contributed by atoms with Gasteiger partial charge in [0.25, 0.3) is 0 Å². The van der Waals surface area contributed by atoms with E-state index in [-0.39, 0.29) is 6.04 Å². The zero-order valence-electron chi connectivity index (χ0n) is 11.5. The summed E-state index contributed by atoms with van der Waals surface area (Å²) in [6.45, 7) is 1.44. The zero-order chi connectivity index (χ0) is 14.7. The van der Waals surface area contributed by atoms with Crippen molar-refractivity contribution in [1.29, 1.82) is 5.26 Å². The van der Waals surface area contributed by atoms with Crippen LogP contribution in [0.3, 0.4) is 0 Å². The first-order valence-electron chi connectivity index (χ1n) is 6.83. The Morgan fingerprint density at radius 2 is 2.05 bits per heavy atom. The molecule has 0 spiro atoms. The van der Waals surface area contributed by atoms with E-state index >= 15 is 0 Å². The van der Waals surface area contributed by atoms with E-state index in [0.29, 0.717) is 17.2 Å². The number of nitrogen functional groups attached to an aromatic ring is 1. The monoisotopic (exact) mass is 284 g/mol. The number of pyridine rings is 1. The number of ether oxygens (including phenoxy) is 1. The smallest absolute Gasteiger partial charge is 0.168 e. The SMILES string of the molecule is N#Cc1c(NC2CCOCC2)nn(-c2ccncc2)c1N. The number of hydrogen-bond donors (Lipinski definition) is 2. The minimum Gasteiger partial charge on any atom is -0.382 e. The van der Waals surface area contributed by atoms with Gasteiger partial charge in [0.1, 0.15) is 17.5 Å². The predicted molar refractivity (Wildman–Crippen MR) is 78.0 cm³/mol. The summed E-state index contributed by atoms with van der Waals surface area (Å²) in [5, 5.41) is 17.1. The molecule has 0 saturated carbocycles. The molecule has 1 saturated heterocycles. The number of nitriles is 1. The van der Waals surface area contributed by atoms with Gasteiger partial charge in [-0.3, -0.25) is 4.98 Å². The third kappa shape index (κ3) is 2.66. The van der Waals surface area contributed by atoms with Crippen molar-refractivity contribution in [1.82, 2.24) is 14.8 Å². The maximum atomic E-state index is 9.33. The molecule has 3 rings (SSSR count). The number of nitrogens with one attached hydrogen (secondary N) is 1. The van der Waals surface area contributed by atoms with Gasteiger partial charge in [0.05, 0.1) is 5.69 Å². The van der Waals surface area contributed by atoms with E-state index in [1.807, 2.05) is 0 Å². The van der Waals surface area contributed by atoms with Crippen molar-refractivity contribution in [3.63, 3.8) is 0 Å². The summed E-state index contributed by atoms with van der Waals surface area (Å²) in [5.74, 6) is 0.858. The fraction of sp³-hybridized carbons (Fsp3) is 0.357. The lowest BCUT2D eigenvalue weighted by Gasteiger charge is -2.22. The summed E-state index contributed by atoms with van der Waals surface area (Å²) >= 11 is 0. The molecule has 1 fully saturated rings. The average molecular weight is 284 g/mol. The fourth-order valence-electron chi connectivity index (χ4n) is 2.36. The Balaban J connectivity index is 1.92. The summed E-state index contributed by atoms with van der Waals surface area (Å²) in [6, 6.07) is 5.97. The highest BCUT2D eigenvalue weighted by molar-refractivity contribution is 5.66. The van der Waals surface area contributed by atoms with Gasteiger partial charge in [0.2, 0.25) is 0 Å². The summed E-state index contributed by atoms with van der Waals surface area (Å²) in [6.07, 6.45) is 5.11. The zero-order valence-corrected chi connectivity index (χ0v) is 11.5. The van der Waals surface area contributed by atoms with Crippen LogP contribution >= 0.6 is 0 Å². The van der Waals surface area contributed by atoms with E-state index in [4.69, 9.17) is 10.5 Å². The highest BCUT2D eigenvalue weighted by atomic mass is 16.5. The molecule has 3 heterocycles. The Labute approximate surface area is 122 Å². The molecule has 0 amide bonds. The molecule has 0 aromatic carbocycles. The molecule has 108 valence electrons. The van der Waals surface area contributed by atoms with Crippen LogP contribution in [0.25, 0.3) is 5.69 Å². The molecular formula is C14H16N6O. The molecule has 0 unspecified atom stereocenters. The molecule has 0 radical (unpaired) electrons. The summed E-state index contributed by atoms with van der Waals surface area (Å²) in [4.78, 5) is 3.97. The van der Waals surface area contributed by atoms with Crippen LogP contribution < -0.4 is 11.1 Å². The van der Waals surface area contributed by atoms with E-state index in [2.05, 4.69) is 21.5 Å². The van der Waals surface area contributed by atoms with Gasteiger partial charge in [-0.05, 0) is 25.0 Å². The van der Waals surface area contributed by atoms with Gasteiger partial charge in [0.15, 0.2) is 5.82 Å². The van der Waals surface area contributed by atoms with Crippen LogP contribution in [0.5, 0.6) is 0 Å². The van der Waals surface area contributed by atoms with Crippen molar-refractivity contribution in [2.24, 2.45) is 0 Å². The number of anilines is 2. The second-order valence-electron chi connectivity index (χ2n) is 4.87. The lowest BCUT2D eigenvalue weighted by molar-refractivity contribution is 0.0904. The predicted octanol–water partition coefficient (Wildman–Crippen LogP) is 1.31. The van der Waals surface area contributed by atoms with Gasteiger partial charge in [-0.2, -0.15) is 5.26 Å². The molecule has 0 bridgehead atoms. The molecule has 3 N–H and O–H groups in total. The first kappa shape index (κ1) is 13.4. The van der Waals surface area contributed by atoms with Crippen LogP contribution in [-0.4, -0.2) is 34.0 Å². The summed E-state index contributed by atoms with van der Waals surface area (Å²) in [7, 11) is 0. The Bertz CT molecular complexity index is 654. The molecule has 7 heteroatoms. The molecule has 2 aromatic rings. The van der Waals surface area contributed by atoms with Crippen LogP contribution in [0.1, 0.15) is 18.4 Å². The van der Waals surface area contributed by atoms with Gasteiger partial charge in [-0.1, -0.05) is 0 Å². The molecule has 0 aliphatic carbocycles. The summed E-state index contributed by atoms with van der Waals surface area (Å²) in [5.41, 5.74) is 7.19. The van der Waals surface area contributed by atoms with Crippen molar-refractivity contribution in [3.05, 3.63) is 30.1 Å². The normalized spacial score (nSPS) is 15.6. The minimum absolute atomic E-state index is 0.256. The average Bonchev–Trinajstić information content (AvgIpc) is 2.85. The van der Waals surface area contributed by atoms with Gasteiger partial charge < -0.3 is 15.8 Å². The molecular weight excluding hydrogens is 268 g/mol. The molecule has 7 nitrogen and oxygen atoms in total. The van der Waals surface area contributed by atoms with E-state index in [9.17, 15) is 5.26 Å². The van der Waals surface area contributed by atoms with E-state index < -0.39 is 0 Å². The first-order chi connectivity index (χ1) is 10.3. The largest absolute Gasteiger partial charge is 0.382 e. The second-order valence-corrected chi connectivity index (χ2v) is 4.87. The highest BCUT2D eigenvalue weighted by Crippen LogP contribution is 2.25. The Hall–Kier alpha value is -2.59. The van der Waals surface area contributed by atoms with Crippen LogP contribution in [-0.2, 0) is 4.74 Å². The molecule has 1 aliphatic heterocycles. The van der Waals surface area contributed by atoms with Gasteiger partial charge in [-0.15, -0.1) is 5.10 Å². The van der Waals surface area contributed by atoms with Crippen molar-refractivity contribution in [2.75, 3.05) is 24.3 Å². The Kier molecular flexibility index (Phi) is 3.71. The van der Waals surface area contributed by atoms with Crippen molar-refractivity contribution in [3.8, 4) is 11.8 Å². The third-order valence-electron chi connectivity index (χ3n) is 3.50. The van der Waals surface area contributed by atoms with Crippen LogP contribution in [0, 0.1) is 11.3 Å². The van der Waals surface area contributed by atoms with Gasteiger partial charge >= 0.3 is 0 Å².